The highest BCUT2D eigenvalue weighted by Crippen LogP contribution is 2.16. The molecule has 0 saturated heterocycles. The number of carbonyl (C=O) groups excluding carboxylic acids is 2. The molecule has 0 unspecified atom stereocenters. The first-order chi connectivity index (χ1) is 13.7. The summed E-state index contributed by atoms with van der Waals surface area (Å²) in [4.78, 5) is 26.2. The van der Waals surface area contributed by atoms with E-state index in [-0.39, 0.29) is 31.3 Å². The highest BCUT2D eigenvalue weighted by Gasteiger charge is 2.19. The summed E-state index contributed by atoms with van der Waals surface area (Å²) in [6, 6.07) is 6.11. The lowest BCUT2D eigenvalue weighted by Gasteiger charge is -2.21. The van der Waals surface area contributed by atoms with Crippen molar-refractivity contribution in [2.24, 2.45) is 5.92 Å². The second-order valence-corrected chi connectivity index (χ2v) is 7.60. The first-order valence-electron chi connectivity index (χ1n) is 9.92. The van der Waals surface area contributed by atoms with Crippen LogP contribution in [-0.4, -0.2) is 39.7 Å². The minimum atomic E-state index is -0.463. The third kappa shape index (κ3) is 6.41. The van der Waals surface area contributed by atoms with Crippen molar-refractivity contribution in [3.05, 3.63) is 52.6 Å². The van der Waals surface area contributed by atoms with E-state index in [1.165, 1.54) is 17.0 Å². The number of benzene rings is 1. The molecule has 7 heteroatoms. The number of likely N-dealkylation sites (N-methyl/N-ethyl adjacent to an activating group) is 1. The van der Waals surface area contributed by atoms with Gasteiger partial charge in [-0.25, -0.2) is 4.39 Å². The van der Waals surface area contributed by atoms with Gasteiger partial charge in [0.2, 0.25) is 0 Å². The minimum Gasteiger partial charge on any atom is -0.455 e. The fourth-order valence-corrected chi connectivity index (χ4v) is 3.17. The first kappa shape index (κ1) is 22.6. The molecule has 6 nitrogen and oxygen atoms in total. The van der Waals surface area contributed by atoms with Crippen molar-refractivity contribution in [1.82, 2.24) is 14.7 Å². The molecule has 0 atom stereocenters. The van der Waals surface area contributed by atoms with Crippen molar-refractivity contribution in [1.29, 1.82) is 0 Å². The van der Waals surface area contributed by atoms with Crippen molar-refractivity contribution in [3.63, 3.8) is 0 Å². The van der Waals surface area contributed by atoms with Crippen molar-refractivity contribution in [3.8, 4) is 0 Å². The number of halogens is 1. The summed E-state index contributed by atoms with van der Waals surface area (Å²) < 4.78 is 20.5. The molecule has 0 radical (unpaired) electrons. The van der Waals surface area contributed by atoms with Gasteiger partial charge in [-0.05, 0) is 44.4 Å². The Hall–Kier alpha value is -2.70. The van der Waals surface area contributed by atoms with Crippen LogP contribution in [0.15, 0.2) is 24.3 Å². The average Bonchev–Trinajstić information content (AvgIpc) is 2.91. The van der Waals surface area contributed by atoms with Crippen molar-refractivity contribution in [2.75, 3.05) is 13.2 Å². The largest absolute Gasteiger partial charge is 0.455 e. The molecule has 158 valence electrons. The number of rotatable bonds is 9. The van der Waals surface area contributed by atoms with Gasteiger partial charge in [0, 0.05) is 30.9 Å². The second-order valence-electron chi connectivity index (χ2n) is 7.60. The Morgan fingerprint density at radius 2 is 2.00 bits per heavy atom. The molecule has 1 aromatic carbocycles. The van der Waals surface area contributed by atoms with Crippen LogP contribution in [0.25, 0.3) is 0 Å². The van der Waals surface area contributed by atoms with Crippen LogP contribution < -0.4 is 0 Å². The zero-order valence-corrected chi connectivity index (χ0v) is 17.9. The van der Waals surface area contributed by atoms with E-state index in [4.69, 9.17) is 4.74 Å². The maximum atomic E-state index is 13.3. The Morgan fingerprint density at radius 3 is 2.62 bits per heavy atom. The third-order valence-corrected chi connectivity index (χ3v) is 4.74. The van der Waals surface area contributed by atoms with Gasteiger partial charge in [-0.2, -0.15) is 5.10 Å². The molecular formula is C22H30FN3O3. The molecule has 0 aliphatic carbocycles. The topological polar surface area (TPSA) is 64.4 Å². The average molecular weight is 403 g/mol. The summed E-state index contributed by atoms with van der Waals surface area (Å²) in [5, 5.41) is 4.50. The Morgan fingerprint density at radius 1 is 1.28 bits per heavy atom. The maximum absolute atomic E-state index is 13.3. The SMILES string of the molecule is CCN(Cc1cccc(F)c1)C(=O)COC(=O)Cc1c(C)nn(CC(C)C)c1C. The molecule has 2 aromatic rings. The van der Waals surface area contributed by atoms with E-state index in [2.05, 4.69) is 18.9 Å². The monoisotopic (exact) mass is 403 g/mol. The van der Waals surface area contributed by atoms with Crippen LogP contribution in [0.5, 0.6) is 0 Å². The van der Waals surface area contributed by atoms with Crippen LogP contribution in [0.3, 0.4) is 0 Å². The van der Waals surface area contributed by atoms with Gasteiger partial charge in [0.1, 0.15) is 5.82 Å². The summed E-state index contributed by atoms with van der Waals surface area (Å²) in [7, 11) is 0. The van der Waals surface area contributed by atoms with E-state index < -0.39 is 5.97 Å². The van der Waals surface area contributed by atoms with Crippen LogP contribution in [0.4, 0.5) is 4.39 Å². The highest BCUT2D eigenvalue weighted by atomic mass is 19.1. The maximum Gasteiger partial charge on any atom is 0.310 e. The van der Waals surface area contributed by atoms with Crippen LogP contribution in [0.2, 0.25) is 0 Å². The van der Waals surface area contributed by atoms with Gasteiger partial charge in [-0.3, -0.25) is 14.3 Å². The molecule has 1 amide bonds. The molecule has 0 aliphatic rings. The fraction of sp³-hybridized carbons (Fsp3) is 0.500. The van der Waals surface area contributed by atoms with Crippen LogP contribution in [-0.2, 0) is 33.8 Å². The number of hydrogen-bond donors (Lipinski definition) is 0. The number of aryl methyl sites for hydroxylation is 1. The van der Waals surface area contributed by atoms with Crippen molar-refractivity contribution >= 4 is 11.9 Å². The molecule has 0 bridgehead atoms. The number of esters is 1. The minimum absolute atomic E-state index is 0.0824. The number of hydrogen-bond acceptors (Lipinski definition) is 4. The predicted molar refractivity (Wildman–Crippen MR) is 109 cm³/mol. The van der Waals surface area contributed by atoms with Crippen LogP contribution >= 0.6 is 0 Å². The molecule has 0 N–H and O–H groups in total. The standard InChI is InChI=1S/C22H30FN3O3/c1-6-25(13-18-8-7-9-19(23)10-18)21(27)14-29-22(28)11-20-16(4)24-26(17(20)5)12-15(2)3/h7-10,15H,6,11-14H2,1-5H3. The van der Waals surface area contributed by atoms with Crippen molar-refractivity contribution in [2.45, 2.75) is 54.1 Å². The van der Waals surface area contributed by atoms with Gasteiger partial charge in [0.25, 0.3) is 5.91 Å². The van der Waals surface area contributed by atoms with Gasteiger partial charge in [-0.1, -0.05) is 26.0 Å². The summed E-state index contributed by atoms with van der Waals surface area (Å²) in [6.07, 6.45) is 0.0824. The quantitative estimate of drug-likeness (QED) is 0.602. The van der Waals surface area contributed by atoms with E-state index in [9.17, 15) is 14.0 Å². The normalized spacial score (nSPS) is 11.0. The number of aromatic nitrogens is 2. The Labute approximate surface area is 171 Å². The Kier molecular flexibility index (Phi) is 7.93. The smallest absolute Gasteiger partial charge is 0.310 e. The molecule has 0 fully saturated rings. The highest BCUT2D eigenvalue weighted by molar-refractivity contribution is 5.81. The van der Waals surface area contributed by atoms with Crippen LogP contribution in [0.1, 0.15) is 43.3 Å². The fourth-order valence-electron chi connectivity index (χ4n) is 3.17. The lowest BCUT2D eigenvalue weighted by Crippen LogP contribution is -2.34. The van der Waals surface area contributed by atoms with E-state index in [1.54, 1.807) is 12.1 Å². The lowest BCUT2D eigenvalue weighted by atomic mass is 10.1. The first-order valence-corrected chi connectivity index (χ1v) is 9.92. The number of amides is 1. The molecule has 2 rings (SSSR count). The summed E-state index contributed by atoms with van der Waals surface area (Å²) >= 11 is 0. The molecule has 0 spiro atoms. The summed E-state index contributed by atoms with van der Waals surface area (Å²) in [5.74, 6) is -0.672. The second kappa shape index (κ2) is 10.2. The van der Waals surface area contributed by atoms with Crippen LogP contribution in [0, 0.1) is 25.6 Å². The van der Waals surface area contributed by atoms with E-state index >= 15 is 0 Å². The van der Waals surface area contributed by atoms with E-state index in [1.807, 2.05) is 25.5 Å². The Bertz CT molecular complexity index is 861. The van der Waals surface area contributed by atoms with E-state index in [0.717, 1.165) is 23.5 Å². The lowest BCUT2D eigenvalue weighted by molar-refractivity contribution is -0.151. The Balaban J connectivity index is 1.92. The van der Waals surface area contributed by atoms with Gasteiger partial charge in [0.05, 0.1) is 12.1 Å². The molecule has 0 saturated carbocycles. The zero-order valence-electron chi connectivity index (χ0n) is 17.9. The molecule has 1 aromatic heterocycles. The van der Waals surface area contributed by atoms with E-state index in [0.29, 0.717) is 18.0 Å². The van der Waals surface area contributed by atoms with Gasteiger partial charge >= 0.3 is 5.97 Å². The molecule has 0 aliphatic heterocycles. The number of ether oxygens (including phenoxy) is 1. The number of carbonyl (C=O) groups is 2. The van der Waals surface area contributed by atoms with Gasteiger partial charge in [0.15, 0.2) is 6.61 Å². The van der Waals surface area contributed by atoms with Crippen molar-refractivity contribution < 1.29 is 18.7 Å². The predicted octanol–water partition coefficient (Wildman–Crippen LogP) is 3.43. The number of nitrogens with zero attached hydrogens (tertiary/aromatic N) is 3. The summed E-state index contributed by atoms with van der Waals surface area (Å²) in [5.41, 5.74) is 3.28. The molecule has 29 heavy (non-hydrogen) atoms. The van der Waals surface area contributed by atoms with Gasteiger partial charge < -0.3 is 9.64 Å². The zero-order chi connectivity index (χ0) is 21.6. The molecule has 1 heterocycles. The summed E-state index contributed by atoms with van der Waals surface area (Å²) in [6.45, 7) is 11.0. The molecular weight excluding hydrogens is 373 g/mol. The third-order valence-electron chi connectivity index (χ3n) is 4.74. The van der Waals surface area contributed by atoms with Gasteiger partial charge in [-0.15, -0.1) is 0 Å².